The van der Waals surface area contributed by atoms with Gasteiger partial charge in [0.15, 0.2) is 0 Å². The number of benzene rings is 1. The van der Waals surface area contributed by atoms with Gasteiger partial charge in [0.2, 0.25) is 0 Å². The first-order chi connectivity index (χ1) is 14.7. The molecular formula is C24H29N3O3. The molecule has 2 aliphatic rings. The normalized spacial score (nSPS) is 16.5. The van der Waals surface area contributed by atoms with Crippen LogP contribution in [0.15, 0.2) is 58.7 Å². The van der Waals surface area contributed by atoms with E-state index >= 15 is 0 Å². The smallest absolute Gasteiger partial charge is 0.309 e. The Balaban J connectivity index is 1.33. The highest BCUT2D eigenvalue weighted by atomic mass is 16.3. The lowest BCUT2D eigenvalue weighted by atomic mass is 9.97. The van der Waals surface area contributed by atoms with Crippen molar-refractivity contribution >= 4 is 17.5 Å². The number of carbonyl (C=O) groups excluding carboxylic acids is 2. The van der Waals surface area contributed by atoms with Crippen molar-refractivity contribution in [2.75, 3.05) is 24.5 Å². The van der Waals surface area contributed by atoms with Crippen molar-refractivity contribution in [2.24, 2.45) is 0 Å². The molecule has 1 aliphatic heterocycles. The molecule has 2 N–H and O–H groups in total. The van der Waals surface area contributed by atoms with Crippen LogP contribution in [-0.2, 0) is 16.0 Å². The highest BCUT2D eigenvalue weighted by Gasteiger charge is 2.29. The highest BCUT2D eigenvalue weighted by molar-refractivity contribution is 6.35. The molecule has 6 nitrogen and oxygen atoms in total. The Labute approximate surface area is 177 Å². The van der Waals surface area contributed by atoms with E-state index in [2.05, 4.69) is 33.7 Å². The zero-order chi connectivity index (χ0) is 20.8. The molecule has 0 saturated heterocycles. The van der Waals surface area contributed by atoms with E-state index in [1.807, 2.05) is 24.3 Å². The summed E-state index contributed by atoms with van der Waals surface area (Å²) in [6, 6.07) is 11.9. The minimum absolute atomic E-state index is 0.159. The lowest BCUT2D eigenvalue weighted by Gasteiger charge is -2.29. The third kappa shape index (κ3) is 4.75. The van der Waals surface area contributed by atoms with Gasteiger partial charge < -0.3 is 20.0 Å². The minimum Gasteiger partial charge on any atom is -0.467 e. The summed E-state index contributed by atoms with van der Waals surface area (Å²) in [7, 11) is 0. The second-order valence-electron chi connectivity index (χ2n) is 7.93. The van der Waals surface area contributed by atoms with Gasteiger partial charge in [0.25, 0.3) is 0 Å². The van der Waals surface area contributed by atoms with E-state index in [1.54, 1.807) is 6.26 Å². The van der Waals surface area contributed by atoms with Gasteiger partial charge in [-0.05, 0) is 62.3 Å². The third-order valence-corrected chi connectivity index (χ3v) is 5.95. The average molecular weight is 408 g/mol. The van der Waals surface area contributed by atoms with Crippen LogP contribution in [0.5, 0.6) is 0 Å². The summed E-state index contributed by atoms with van der Waals surface area (Å²) in [5.74, 6) is -0.403. The number of nitrogens with zero attached hydrogens (tertiary/aromatic N) is 1. The topological polar surface area (TPSA) is 74.6 Å². The van der Waals surface area contributed by atoms with Crippen molar-refractivity contribution in [2.45, 2.75) is 44.6 Å². The molecule has 1 aromatic carbocycles. The monoisotopic (exact) mass is 407 g/mol. The number of para-hydroxylation sites is 1. The number of anilines is 1. The van der Waals surface area contributed by atoms with Gasteiger partial charge in [0.1, 0.15) is 11.8 Å². The van der Waals surface area contributed by atoms with Crippen molar-refractivity contribution in [3.63, 3.8) is 0 Å². The second kappa shape index (κ2) is 9.65. The van der Waals surface area contributed by atoms with Gasteiger partial charge in [-0.3, -0.25) is 9.59 Å². The number of carbonyl (C=O) groups is 2. The summed E-state index contributed by atoms with van der Waals surface area (Å²) in [4.78, 5) is 26.8. The Morgan fingerprint density at radius 2 is 1.90 bits per heavy atom. The van der Waals surface area contributed by atoms with Crippen molar-refractivity contribution < 1.29 is 14.0 Å². The molecule has 30 heavy (non-hydrogen) atoms. The van der Waals surface area contributed by atoms with Crippen LogP contribution in [-0.4, -0.2) is 31.4 Å². The van der Waals surface area contributed by atoms with Crippen molar-refractivity contribution in [3.05, 3.63) is 65.6 Å². The number of fused-ring (bicyclic) bond motifs is 1. The largest absolute Gasteiger partial charge is 0.467 e. The van der Waals surface area contributed by atoms with E-state index in [9.17, 15) is 9.59 Å². The number of furan rings is 1. The number of amides is 2. The Morgan fingerprint density at radius 3 is 2.70 bits per heavy atom. The van der Waals surface area contributed by atoms with Crippen LogP contribution in [0.25, 0.3) is 0 Å². The fourth-order valence-electron chi connectivity index (χ4n) is 4.35. The van der Waals surface area contributed by atoms with Crippen LogP contribution in [0.3, 0.4) is 0 Å². The summed E-state index contributed by atoms with van der Waals surface area (Å²) < 4.78 is 5.65. The van der Waals surface area contributed by atoms with Crippen LogP contribution in [0, 0.1) is 0 Å². The predicted molar refractivity (Wildman–Crippen MR) is 116 cm³/mol. The number of rotatable bonds is 7. The molecule has 158 valence electrons. The number of hydrogen-bond acceptors (Lipinski definition) is 4. The van der Waals surface area contributed by atoms with Gasteiger partial charge in [-0.25, -0.2) is 0 Å². The van der Waals surface area contributed by atoms with Gasteiger partial charge in [-0.2, -0.15) is 0 Å². The van der Waals surface area contributed by atoms with Gasteiger partial charge in [-0.1, -0.05) is 29.8 Å². The summed E-state index contributed by atoms with van der Waals surface area (Å²) in [6.45, 7) is 1.65. The number of nitrogens with one attached hydrogen (secondary N) is 2. The molecule has 4 rings (SSSR count). The van der Waals surface area contributed by atoms with E-state index in [-0.39, 0.29) is 6.04 Å². The maximum atomic E-state index is 12.4. The maximum absolute atomic E-state index is 12.4. The number of hydrogen-bond donors (Lipinski definition) is 2. The average Bonchev–Trinajstić information content (AvgIpc) is 3.45. The van der Waals surface area contributed by atoms with E-state index in [1.165, 1.54) is 24.0 Å². The fourth-order valence-corrected chi connectivity index (χ4v) is 4.35. The predicted octanol–water partition coefficient (Wildman–Crippen LogP) is 3.51. The molecule has 2 aromatic rings. The molecule has 2 heterocycles. The Hall–Kier alpha value is -3.02. The first kappa shape index (κ1) is 20.3. The van der Waals surface area contributed by atoms with E-state index in [0.717, 1.165) is 43.7 Å². The molecule has 1 aliphatic carbocycles. The second-order valence-corrected chi connectivity index (χ2v) is 7.93. The molecule has 1 atom stereocenters. The zero-order valence-corrected chi connectivity index (χ0v) is 17.2. The fraction of sp³-hybridized carbons (Fsp3) is 0.417. The van der Waals surface area contributed by atoms with E-state index in [4.69, 9.17) is 4.42 Å². The quantitative estimate of drug-likeness (QED) is 0.544. The first-order valence-electron chi connectivity index (χ1n) is 10.8. The Bertz CT molecular complexity index is 904. The van der Waals surface area contributed by atoms with Crippen LogP contribution >= 0.6 is 0 Å². The van der Waals surface area contributed by atoms with Crippen molar-refractivity contribution in [3.8, 4) is 0 Å². The minimum atomic E-state index is -0.600. The lowest BCUT2D eigenvalue weighted by molar-refractivity contribution is -0.139. The molecule has 0 unspecified atom stereocenters. The summed E-state index contributed by atoms with van der Waals surface area (Å²) in [6.07, 6.45) is 10.4. The van der Waals surface area contributed by atoms with Crippen molar-refractivity contribution in [1.82, 2.24) is 10.6 Å². The standard InChI is InChI=1S/C24H29N3O3/c28-23(25-14-12-18-7-2-1-3-8-18)24(29)26-17-21(22-11-6-16-30-22)27-15-13-19-9-4-5-10-20(19)27/h4-7,9-11,16,21H,1-3,8,12-15,17H2,(H,25,28)(H,26,29)/t21-/m1/s1. The van der Waals surface area contributed by atoms with Crippen LogP contribution < -0.4 is 15.5 Å². The number of allylic oxidation sites excluding steroid dienone is 1. The van der Waals surface area contributed by atoms with Crippen LogP contribution in [0.1, 0.15) is 49.5 Å². The summed E-state index contributed by atoms with van der Waals surface area (Å²) in [5.41, 5.74) is 3.82. The molecule has 2 amide bonds. The molecule has 0 spiro atoms. The van der Waals surface area contributed by atoms with E-state index in [0.29, 0.717) is 13.1 Å². The van der Waals surface area contributed by atoms with Crippen LogP contribution in [0.4, 0.5) is 5.69 Å². The molecular weight excluding hydrogens is 378 g/mol. The lowest BCUT2D eigenvalue weighted by Crippen LogP contribution is -2.44. The SMILES string of the molecule is O=C(NCCC1=CCCCC1)C(=O)NC[C@H](c1ccco1)N1CCc2ccccc21. The maximum Gasteiger partial charge on any atom is 0.309 e. The first-order valence-corrected chi connectivity index (χ1v) is 10.8. The van der Waals surface area contributed by atoms with Gasteiger partial charge in [-0.15, -0.1) is 0 Å². The summed E-state index contributed by atoms with van der Waals surface area (Å²) in [5, 5.41) is 5.54. The molecule has 0 saturated carbocycles. The zero-order valence-electron chi connectivity index (χ0n) is 17.2. The molecule has 0 fully saturated rings. The van der Waals surface area contributed by atoms with Crippen molar-refractivity contribution in [1.29, 1.82) is 0 Å². The molecule has 0 radical (unpaired) electrons. The van der Waals surface area contributed by atoms with Gasteiger partial charge in [0.05, 0.1) is 6.26 Å². The highest BCUT2D eigenvalue weighted by Crippen LogP contribution is 2.34. The Kier molecular flexibility index (Phi) is 6.52. The molecule has 0 bridgehead atoms. The molecule has 1 aromatic heterocycles. The summed E-state index contributed by atoms with van der Waals surface area (Å²) >= 11 is 0. The molecule has 6 heteroatoms. The third-order valence-electron chi connectivity index (χ3n) is 5.95. The van der Waals surface area contributed by atoms with Crippen LogP contribution in [0.2, 0.25) is 0 Å². The van der Waals surface area contributed by atoms with Gasteiger partial charge in [0, 0.05) is 25.3 Å². The van der Waals surface area contributed by atoms with Gasteiger partial charge >= 0.3 is 11.8 Å². The van der Waals surface area contributed by atoms with E-state index < -0.39 is 11.8 Å². The Morgan fingerprint density at radius 1 is 1.03 bits per heavy atom.